The molecule has 0 aromatic heterocycles. The molecule has 0 saturated carbocycles. The molecule has 0 spiro atoms. The maximum Gasteiger partial charge on any atom is 0.209 e. The second kappa shape index (κ2) is 3.96. The first kappa shape index (κ1) is 10.7. The maximum atomic E-state index is 8.40. The van der Waals surface area contributed by atoms with Gasteiger partial charge in [0.1, 0.15) is 6.61 Å². The van der Waals surface area contributed by atoms with E-state index in [1.54, 1.807) is 14.2 Å². The molecule has 2 heterocycles. The second-order valence-corrected chi connectivity index (χ2v) is 3.65. The van der Waals surface area contributed by atoms with Crippen LogP contribution in [0.4, 0.5) is 0 Å². The van der Waals surface area contributed by atoms with Crippen molar-refractivity contribution in [2.75, 3.05) is 27.4 Å². The Labute approximate surface area is 87.3 Å². The standard InChI is InChI=1S/C8H14N4O3/c1-13-8(14-2)4-15-6-5(11-12-9)3-10-7(6)8/h5-7,10H,3-4H2,1-2H3. The van der Waals surface area contributed by atoms with Crippen LogP contribution in [0.25, 0.3) is 10.4 Å². The Bertz CT molecular complexity index is 288. The third kappa shape index (κ3) is 1.49. The van der Waals surface area contributed by atoms with Crippen molar-refractivity contribution >= 4 is 0 Å². The van der Waals surface area contributed by atoms with E-state index in [1.165, 1.54) is 0 Å². The Balaban J connectivity index is 2.17. The number of hydrogen-bond donors (Lipinski definition) is 1. The predicted octanol–water partition coefficient (Wildman–Crippen LogP) is 0.0250. The average molecular weight is 214 g/mol. The van der Waals surface area contributed by atoms with Gasteiger partial charge in [0.25, 0.3) is 0 Å². The molecule has 3 unspecified atom stereocenters. The molecule has 7 heteroatoms. The molecular formula is C8H14N4O3. The number of rotatable bonds is 3. The molecule has 84 valence electrons. The number of azide groups is 1. The Morgan fingerprint density at radius 2 is 2.27 bits per heavy atom. The van der Waals surface area contributed by atoms with Crippen LogP contribution in [0.5, 0.6) is 0 Å². The zero-order valence-electron chi connectivity index (χ0n) is 8.71. The van der Waals surface area contributed by atoms with E-state index in [9.17, 15) is 0 Å². The highest BCUT2D eigenvalue weighted by Gasteiger charge is 2.56. The van der Waals surface area contributed by atoms with Crippen molar-refractivity contribution in [2.45, 2.75) is 24.0 Å². The lowest BCUT2D eigenvalue weighted by atomic mass is 10.0. The maximum absolute atomic E-state index is 8.40. The lowest BCUT2D eigenvalue weighted by molar-refractivity contribution is -0.213. The van der Waals surface area contributed by atoms with Crippen LogP contribution in [0.1, 0.15) is 0 Å². The fourth-order valence-electron chi connectivity index (χ4n) is 2.25. The summed E-state index contributed by atoms with van der Waals surface area (Å²) in [6.07, 6.45) is -0.166. The SMILES string of the molecule is COC1(OC)COC2C(N=[N+]=[N-])CNC21. The molecule has 2 fully saturated rings. The summed E-state index contributed by atoms with van der Waals surface area (Å²) in [6.45, 7) is 0.938. The van der Waals surface area contributed by atoms with Crippen molar-refractivity contribution in [1.29, 1.82) is 0 Å². The van der Waals surface area contributed by atoms with Gasteiger partial charge in [-0.15, -0.1) is 0 Å². The molecule has 0 bridgehead atoms. The van der Waals surface area contributed by atoms with Crippen molar-refractivity contribution in [1.82, 2.24) is 5.32 Å². The number of fused-ring (bicyclic) bond motifs is 1. The highest BCUT2D eigenvalue weighted by Crippen LogP contribution is 2.34. The van der Waals surface area contributed by atoms with Crippen molar-refractivity contribution < 1.29 is 14.2 Å². The minimum Gasteiger partial charge on any atom is -0.370 e. The largest absolute Gasteiger partial charge is 0.370 e. The van der Waals surface area contributed by atoms with Gasteiger partial charge >= 0.3 is 0 Å². The van der Waals surface area contributed by atoms with Gasteiger partial charge in [0.15, 0.2) is 0 Å². The number of nitrogens with one attached hydrogen (secondary N) is 1. The van der Waals surface area contributed by atoms with Crippen LogP contribution in [-0.4, -0.2) is 51.3 Å². The van der Waals surface area contributed by atoms with Crippen LogP contribution >= 0.6 is 0 Å². The third-order valence-electron chi connectivity index (χ3n) is 3.10. The van der Waals surface area contributed by atoms with Crippen molar-refractivity contribution in [3.8, 4) is 0 Å². The molecule has 0 aromatic rings. The highest BCUT2D eigenvalue weighted by molar-refractivity contribution is 5.07. The van der Waals surface area contributed by atoms with E-state index in [0.29, 0.717) is 13.2 Å². The number of methoxy groups -OCH3 is 2. The molecule has 1 N–H and O–H groups in total. The molecule has 2 aliphatic heterocycles. The quantitative estimate of drug-likeness (QED) is 0.310. The van der Waals surface area contributed by atoms with Crippen molar-refractivity contribution in [3.05, 3.63) is 10.4 Å². The summed E-state index contributed by atoms with van der Waals surface area (Å²) >= 11 is 0. The number of hydrogen-bond acceptors (Lipinski definition) is 5. The summed E-state index contributed by atoms with van der Waals surface area (Å²) in [6, 6.07) is -0.268. The van der Waals surface area contributed by atoms with E-state index < -0.39 is 5.79 Å². The molecule has 15 heavy (non-hydrogen) atoms. The molecule has 3 atom stereocenters. The van der Waals surface area contributed by atoms with E-state index in [0.717, 1.165) is 0 Å². The Morgan fingerprint density at radius 1 is 1.53 bits per heavy atom. The van der Waals surface area contributed by atoms with Gasteiger partial charge in [0, 0.05) is 25.7 Å². The van der Waals surface area contributed by atoms with Crippen LogP contribution in [0.3, 0.4) is 0 Å². The van der Waals surface area contributed by atoms with Crippen LogP contribution in [0.15, 0.2) is 5.11 Å². The summed E-state index contributed by atoms with van der Waals surface area (Å²) in [4.78, 5) is 2.80. The Hall–Kier alpha value is -0.850. The zero-order valence-corrected chi connectivity index (χ0v) is 8.71. The van der Waals surface area contributed by atoms with Gasteiger partial charge in [-0.2, -0.15) is 0 Å². The van der Waals surface area contributed by atoms with E-state index >= 15 is 0 Å². The van der Waals surface area contributed by atoms with Gasteiger partial charge in [-0.3, -0.25) is 0 Å². The first-order valence-corrected chi connectivity index (χ1v) is 4.77. The Morgan fingerprint density at radius 3 is 2.87 bits per heavy atom. The van der Waals surface area contributed by atoms with Gasteiger partial charge in [0.05, 0.1) is 18.2 Å². The topological polar surface area (TPSA) is 88.5 Å². The van der Waals surface area contributed by atoms with Crippen molar-refractivity contribution in [2.24, 2.45) is 5.11 Å². The molecule has 0 amide bonds. The molecule has 0 aliphatic carbocycles. The van der Waals surface area contributed by atoms with Gasteiger partial charge in [-0.25, -0.2) is 0 Å². The number of ether oxygens (including phenoxy) is 3. The van der Waals surface area contributed by atoms with Crippen LogP contribution in [0, 0.1) is 0 Å². The first-order valence-electron chi connectivity index (χ1n) is 4.77. The monoisotopic (exact) mass is 214 g/mol. The van der Waals surface area contributed by atoms with Crippen LogP contribution in [0.2, 0.25) is 0 Å². The smallest absolute Gasteiger partial charge is 0.209 e. The summed E-state index contributed by atoms with van der Waals surface area (Å²) in [7, 11) is 3.16. The fraction of sp³-hybridized carbons (Fsp3) is 1.00. The Kier molecular flexibility index (Phi) is 2.81. The molecule has 7 nitrogen and oxygen atoms in total. The van der Waals surface area contributed by atoms with E-state index in [1.807, 2.05) is 0 Å². The number of nitrogens with zero attached hydrogens (tertiary/aromatic N) is 3. The molecular weight excluding hydrogens is 200 g/mol. The van der Waals surface area contributed by atoms with Gasteiger partial charge in [0.2, 0.25) is 5.79 Å². The molecule has 2 aliphatic rings. The summed E-state index contributed by atoms with van der Waals surface area (Å²) < 4.78 is 16.3. The van der Waals surface area contributed by atoms with Crippen LogP contribution < -0.4 is 5.32 Å². The zero-order chi connectivity index (χ0) is 10.9. The summed E-state index contributed by atoms with van der Waals surface area (Å²) in [5, 5.41) is 6.89. The first-order chi connectivity index (χ1) is 7.27. The summed E-state index contributed by atoms with van der Waals surface area (Å²) in [5.74, 6) is -0.760. The molecule has 0 radical (unpaired) electrons. The highest BCUT2D eigenvalue weighted by atomic mass is 16.7. The minimum absolute atomic E-state index is 0.0806. The van der Waals surface area contributed by atoms with Gasteiger partial charge in [-0.05, 0) is 5.53 Å². The average Bonchev–Trinajstić information content (AvgIpc) is 2.80. The van der Waals surface area contributed by atoms with Crippen molar-refractivity contribution in [3.63, 3.8) is 0 Å². The lowest BCUT2D eigenvalue weighted by Gasteiger charge is -2.29. The summed E-state index contributed by atoms with van der Waals surface area (Å²) in [5.41, 5.74) is 8.40. The lowest BCUT2D eigenvalue weighted by Crippen LogP contribution is -2.51. The van der Waals surface area contributed by atoms with Gasteiger partial charge in [-0.1, -0.05) is 5.11 Å². The minimum atomic E-state index is -0.760. The van der Waals surface area contributed by atoms with Crippen LogP contribution in [-0.2, 0) is 14.2 Å². The fourth-order valence-corrected chi connectivity index (χ4v) is 2.25. The normalized spacial score (nSPS) is 37.3. The molecule has 2 saturated heterocycles. The van der Waals surface area contributed by atoms with Gasteiger partial charge < -0.3 is 19.5 Å². The predicted molar refractivity (Wildman–Crippen MR) is 51.2 cm³/mol. The molecule has 2 rings (SSSR count). The van der Waals surface area contributed by atoms with E-state index in [2.05, 4.69) is 15.3 Å². The third-order valence-corrected chi connectivity index (χ3v) is 3.10. The van der Waals surface area contributed by atoms with E-state index in [4.69, 9.17) is 19.7 Å². The van der Waals surface area contributed by atoms with E-state index in [-0.39, 0.29) is 18.2 Å². The second-order valence-electron chi connectivity index (χ2n) is 3.65. The molecule has 0 aromatic carbocycles.